The van der Waals surface area contributed by atoms with Gasteiger partial charge in [-0.05, 0) is 39.2 Å². The summed E-state index contributed by atoms with van der Waals surface area (Å²) in [6.07, 6.45) is 4.99. The van der Waals surface area contributed by atoms with Crippen LogP contribution in [0.3, 0.4) is 0 Å². The number of piperazine rings is 1. The van der Waals surface area contributed by atoms with Crippen LogP contribution in [-0.4, -0.2) is 77.2 Å². The average molecular weight is 381 g/mol. The molecule has 2 aliphatic rings. The van der Waals surface area contributed by atoms with Gasteiger partial charge in [-0.1, -0.05) is 11.6 Å². The van der Waals surface area contributed by atoms with Gasteiger partial charge >= 0.3 is 0 Å². The van der Waals surface area contributed by atoms with Crippen molar-refractivity contribution in [3.8, 4) is 0 Å². The van der Waals surface area contributed by atoms with Gasteiger partial charge < -0.3 is 14.9 Å². The Balaban J connectivity index is 1.62. The van der Waals surface area contributed by atoms with Crippen molar-refractivity contribution in [3.05, 3.63) is 22.8 Å². The number of amides is 1. The Morgan fingerprint density at radius 3 is 2.38 bits per heavy atom. The molecule has 1 aromatic heterocycles. The quantitative estimate of drug-likeness (QED) is 0.868. The van der Waals surface area contributed by atoms with Crippen molar-refractivity contribution in [1.82, 2.24) is 14.8 Å². The number of aromatic nitrogens is 1. The molecular weight excluding hydrogens is 352 g/mol. The second kappa shape index (κ2) is 8.11. The summed E-state index contributed by atoms with van der Waals surface area (Å²) < 4.78 is 0. The first-order valence-electron chi connectivity index (χ1n) is 9.48. The molecule has 2 saturated heterocycles. The maximum absolute atomic E-state index is 12.6. The predicted octanol–water partition coefficient (Wildman–Crippen LogP) is 2.25. The second-order valence-corrected chi connectivity index (χ2v) is 8.37. The lowest BCUT2D eigenvalue weighted by molar-refractivity contribution is 0.0344. The van der Waals surface area contributed by atoms with Gasteiger partial charge in [0.15, 0.2) is 0 Å². The van der Waals surface area contributed by atoms with E-state index in [1.165, 1.54) is 6.42 Å². The lowest BCUT2D eigenvalue weighted by Gasteiger charge is -2.38. The number of hydrogen-bond donors (Lipinski definition) is 1. The van der Waals surface area contributed by atoms with Crippen LogP contribution in [-0.2, 0) is 0 Å². The summed E-state index contributed by atoms with van der Waals surface area (Å²) in [5.74, 6) is 0.769. The van der Waals surface area contributed by atoms with Crippen LogP contribution in [0.25, 0.3) is 0 Å². The lowest BCUT2D eigenvalue weighted by atomic mass is 10.1. The number of likely N-dealkylation sites (tertiary alicyclic amines) is 1. The highest BCUT2D eigenvalue weighted by molar-refractivity contribution is 6.33. The first-order chi connectivity index (χ1) is 12.3. The summed E-state index contributed by atoms with van der Waals surface area (Å²) in [6, 6.07) is 1.75. The molecule has 0 aromatic carbocycles. The molecular formula is C19H29ClN4O2. The molecule has 0 bridgehead atoms. The largest absolute Gasteiger partial charge is 0.389 e. The molecule has 3 heterocycles. The van der Waals surface area contributed by atoms with Gasteiger partial charge in [0.2, 0.25) is 0 Å². The van der Waals surface area contributed by atoms with E-state index in [4.69, 9.17) is 11.6 Å². The number of nitrogens with zero attached hydrogens (tertiary/aromatic N) is 4. The number of hydrogen-bond acceptors (Lipinski definition) is 5. The molecule has 6 nitrogen and oxygen atoms in total. The first kappa shape index (κ1) is 19.4. The van der Waals surface area contributed by atoms with Crippen molar-refractivity contribution >= 4 is 23.3 Å². The molecule has 1 aromatic rings. The highest BCUT2D eigenvalue weighted by Crippen LogP contribution is 2.26. The van der Waals surface area contributed by atoms with E-state index in [0.29, 0.717) is 17.1 Å². The lowest BCUT2D eigenvalue weighted by Crippen LogP contribution is -2.50. The molecule has 0 atom stereocenters. The molecule has 2 fully saturated rings. The standard InChI is InChI=1S/C19H29ClN4O2/c1-19(2,26)14-22-8-10-23(11-9-22)17-16(20)12-15(13-21-17)18(25)24-6-4-3-5-7-24/h12-13,26H,3-11,14H2,1-2H3. The number of pyridine rings is 1. The zero-order chi connectivity index (χ0) is 18.7. The number of piperidine rings is 1. The van der Waals surface area contributed by atoms with E-state index >= 15 is 0 Å². The Bertz CT molecular complexity index is 633. The van der Waals surface area contributed by atoms with Crippen molar-refractivity contribution < 1.29 is 9.90 Å². The van der Waals surface area contributed by atoms with Gasteiger partial charge in [-0.2, -0.15) is 0 Å². The molecule has 144 valence electrons. The van der Waals surface area contributed by atoms with Gasteiger partial charge in [0.1, 0.15) is 5.82 Å². The Kier molecular flexibility index (Phi) is 6.05. The molecule has 3 rings (SSSR count). The van der Waals surface area contributed by atoms with Crippen LogP contribution in [0.2, 0.25) is 5.02 Å². The number of carbonyl (C=O) groups is 1. The molecule has 26 heavy (non-hydrogen) atoms. The van der Waals surface area contributed by atoms with Crippen molar-refractivity contribution in [2.75, 3.05) is 50.7 Å². The van der Waals surface area contributed by atoms with Crippen LogP contribution < -0.4 is 4.90 Å². The zero-order valence-corrected chi connectivity index (χ0v) is 16.5. The van der Waals surface area contributed by atoms with Crippen LogP contribution >= 0.6 is 11.6 Å². The highest BCUT2D eigenvalue weighted by atomic mass is 35.5. The number of aliphatic hydroxyl groups is 1. The van der Waals surface area contributed by atoms with Crippen molar-refractivity contribution in [1.29, 1.82) is 0 Å². The highest BCUT2D eigenvalue weighted by Gasteiger charge is 2.25. The molecule has 0 unspecified atom stereocenters. The molecule has 1 amide bonds. The van der Waals surface area contributed by atoms with Crippen molar-refractivity contribution in [3.63, 3.8) is 0 Å². The van der Waals surface area contributed by atoms with Crippen LogP contribution in [0.4, 0.5) is 5.82 Å². The number of rotatable bonds is 4. The van der Waals surface area contributed by atoms with Crippen LogP contribution in [0, 0.1) is 0 Å². The third kappa shape index (κ3) is 4.87. The smallest absolute Gasteiger partial charge is 0.255 e. The van der Waals surface area contributed by atoms with Crippen LogP contribution in [0.1, 0.15) is 43.5 Å². The molecule has 2 aliphatic heterocycles. The van der Waals surface area contributed by atoms with Gasteiger partial charge in [0.05, 0.1) is 16.2 Å². The average Bonchev–Trinajstić information content (AvgIpc) is 2.61. The zero-order valence-electron chi connectivity index (χ0n) is 15.7. The van der Waals surface area contributed by atoms with E-state index in [-0.39, 0.29) is 5.91 Å². The van der Waals surface area contributed by atoms with Gasteiger partial charge in [-0.3, -0.25) is 9.69 Å². The molecule has 0 radical (unpaired) electrons. The monoisotopic (exact) mass is 380 g/mol. The van der Waals surface area contributed by atoms with Gasteiger partial charge in [-0.15, -0.1) is 0 Å². The second-order valence-electron chi connectivity index (χ2n) is 7.96. The maximum Gasteiger partial charge on any atom is 0.255 e. The summed E-state index contributed by atoms with van der Waals surface area (Å²) >= 11 is 6.46. The minimum absolute atomic E-state index is 0.0284. The van der Waals surface area contributed by atoms with Gasteiger partial charge in [0, 0.05) is 52.0 Å². The third-order valence-corrected chi connectivity index (χ3v) is 5.27. The number of halogens is 1. The van der Waals surface area contributed by atoms with Gasteiger partial charge in [0.25, 0.3) is 5.91 Å². The van der Waals surface area contributed by atoms with E-state index < -0.39 is 5.60 Å². The minimum Gasteiger partial charge on any atom is -0.389 e. The fourth-order valence-electron chi connectivity index (χ4n) is 3.72. The van der Waals surface area contributed by atoms with E-state index in [2.05, 4.69) is 14.8 Å². The molecule has 1 N–H and O–H groups in total. The SMILES string of the molecule is CC(C)(O)CN1CCN(c2ncc(C(=O)N3CCCCC3)cc2Cl)CC1. The number of carbonyl (C=O) groups excluding carboxylic acids is 1. The Hall–Kier alpha value is -1.37. The van der Waals surface area contributed by atoms with E-state index in [9.17, 15) is 9.90 Å². The molecule has 0 aliphatic carbocycles. The summed E-state index contributed by atoms with van der Waals surface area (Å²) in [5.41, 5.74) is -0.115. The first-order valence-corrected chi connectivity index (χ1v) is 9.86. The molecule has 0 spiro atoms. The Morgan fingerprint density at radius 2 is 1.81 bits per heavy atom. The van der Waals surface area contributed by atoms with Crippen molar-refractivity contribution in [2.45, 2.75) is 38.7 Å². The van der Waals surface area contributed by atoms with E-state index in [1.54, 1.807) is 12.3 Å². The van der Waals surface area contributed by atoms with Gasteiger partial charge in [-0.25, -0.2) is 4.98 Å². The topological polar surface area (TPSA) is 59.9 Å². The molecule has 0 saturated carbocycles. The summed E-state index contributed by atoms with van der Waals surface area (Å²) in [4.78, 5) is 23.4. The summed E-state index contributed by atoms with van der Waals surface area (Å²) in [5, 5.41) is 10.5. The van der Waals surface area contributed by atoms with E-state index in [1.807, 2.05) is 18.7 Å². The third-order valence-electron chi connectivity index (χ3n) is 4.99. The van der Waals surface area contributed by atoms with E-state index in [0.717, 1.165) is 57.9 Å². The Labute approximate surface area is 160 Å². The normalized spacial score (nSPS) is 19.7. The fourth-order valence-corrected chi connectivity index (χ4v) is 4.01. The maximum atomic E-state index is 12.6. The number of anilines is 1. The summed E-state index contributed by atoms with van der Waals surface area (Å²) in [6.45, 7) is 9.29. The number of β-amino-alcohol motifs (C(OH)–C–C–N with tert-alkyl or cyclic N) is 1. The molecule has 7 heteroatoms. The van der Waals surface area contributed by atoms with Crippen molar-refractivity contribution in [2.24, 2.45) is 0 Å². The fraction of sp³-hybridized carbons (Fsp3) is 0.684. The predicted molar refractivity (Wildman–Crippen MR) is 104 cm³/mol. The minimum atomic E-state index is -0.686. The Morgan fingerprint density at radius 1 is 1.15 bits per heavy atom. The van der Waals surface area contributed by atoms with Crippen LogP contribution in [0.15, 0.2) is 12.3 Å². The summed E-state index contributed by atoms with van der Waals surface area (Å²) in [7, 11) is 0. The van der Waals surface area contributed by atoms with Crippen LogP contribution in [0.5, 0.6) is 0 Å².